The van der Waals surface area contributed by atoms with Gasteiger partial charge in [-0.3, -0.25) is 4.99 Å². The third-order valence-electron chi connectivity index (χ3n) is 8.41. The molecule has 0 aromatic rings. The number of hydrogen-bond donors (Lipinski definition) is 0. The lowest BCUT2D eigenvalue weighted by atomic mass is 9.49. The van der Waals surface area contributed by atoms with Gasteiger partial charge in [0.05, 0.1) is 6.04 Å². The second-order valence-electron chi connectivity index (χ2n) is 9.93. The molecule has 1 nitrogen and oxygen atoms in total. The summed E-state index contributed by atoms with van der Waals surface area (Å²) in [6, 6.07) is 0.400. The van der Waals surface area contributed by atoms with Gasteiger partial charge in [0.1, 0.15) is 0 Å². The number of nitrogens with zero attached hydrogens (tertiary/aromatic N) is 1. The van der Waals surface area contributed by atoms with Crippen molar-refractivity contribution in [3.05, 3.63) is 0 Å². The van der Waals surface area contributed by atoms with Gasteiger partial charge in [0.25, 0.3) is 0 Å². The Labute approximate surface area is 140 Å². The lowest BCUT2D eigenvalue weighted by Crippen LogP contribution is -2.51. The molecular weight excluding hydrogens is 266 g/mol. The summed E-state index contributed by atoms with van der Waals surface area (Å²) >= 11 is 0. The molecule has 0 saturated heterocycles. The summed E-state index contributed by atoms with van der Waals surface area (Å²) in [6.45, 7) is 28.1. The van der Waals surface area contributed by atoms with E-state index in [1.807, 2.05) is 0 Å². The molecule has 5 atom stereocenters. The van der Waals surface area contributed by atoms with Crippen molar-refractivity contribution in [2.45, 2.75) is 94.5 Å². The van der Waals surface area contributed by atoms with Crippen LogP contribution in [0.5, 0.6) is 0 Å². The third-order valence-corrected chi connectivity index (χ3v) is 8.41. The molecular formula is C21H41N. The molecule has 5 unspecified atom stereocenters. The van der Waals surface area contributed by atoms with Crippen LogP contribution in [0.1, 0.15) is 88.5 Å². The van der Waals surface area contributed by atoms with Gasteiger partial charge in [0.2, 0.25) is 0 Å². The molecule has 0 N–H and O–H groups in total. The highest BCUT2D eigenvalue weighted by atomic mass is 14.8. The predicted molar refractivity (Wildman–Crippen MR) is 101 cm³/mol. The van der Waals surface area contributed by atoms with Crippen LogP contribution in [0.25, 0.3) is 0 Å². The van der Waals surface area contributed by atoms with E-state index in [2.05, 4.69) is 80.9 Å². The molecule has 1 fully saturated rings. The van der Waals surface area contributed by atoms with Crippen molar-refractivity contribution in [3.63, 3.8) is 0 Å². The minimum Gasteiger partial charge on any atom is -0.297 e. The summed E-state index contributed by atoms with van der Waals surface area (Å²) in [7, 11) is 0. The number of hydrogen-bond acceptors (Lipinski definition) is 1. The summed E-state index contributed by atoms with van der Waals surface area (Å²) in [5.74, 6) is 1.29. The Morgan fingerprint density at radius 3 is 1.91 bits per heavy atom. The van der Waals surface area contributed by atoms with Gasteiger partial charge in [-0.05, 0) is 53.1 Å². The normalized spacial score (nSPS) is 31.3. The van der Waals surface area contributed by atoms with Gasteiger partial charge < -0.3 is 0 Å². The van der Waals surface area contributed by atoms with Crippen molar-refractivity contribution in [1.82, 2.24) is 0 Å². The van der Waals surface area contributed by atoms with Crippen LogP contribution < -0.4 is 0 Å². The molecule has 0 aromatic carbocycles. The van der Waals surface area contributed by atoms with Crippen molar-refractivity contribution >= 4 is 6.72 Å². The molecule has 0 heterocycles. The van der Waals surface area contributed by atoms with Crippen molar-refractivity contribution in [3.8, 4) is 0 Å². The van der Waals surface area contributed by atoms with Gasteiger partial charge in [-0.25, -0.2) is 0 Å². The third kappa shape index (κ3) is 2.89. The first kappa shape index (κ1) is 19.7. The molecule has 0 bridgehead atoms. The maximum absolute atomic E-state index is 4.65. The maximum Gasteiger partial charge on any atom is 0.0556 e. The molecule has 0 amide bonds. The minimum atomic E-state index is 0.245. The first-order valence-corrected chi connectivity index (χ1v) is 9.28. The SMILES string of the molecule is C=NC(C1CC1(C)CC)C(C)C(C)(CC)C(C)(C)C(C)(C)C. The molecule has 0 radical (unpaired) electrons. The van der Waals surface area contributed by atoms with Gasteiger partial charge in [0.15, 0.2) is 0 Å². The van der Waals surface area contributed by atoms with Crippen LogP contribution in [0.2, 0.25) is 0 Å². The molecule has 0 spiro atoms. The Morgan fingerprint density at radius 2 is 1.64 bits per heavy atom. The Bertz CT molecular complexity index is 403. The highest BCUT2D eigenvalue weighted by Gasteiger charge is 2.58. The average Bonchev–Trinajstić information content (AvgIpc) is 3.09. The van der Waals surface area contributed by atoms with Crippen LogP contribution >= 0.6 is 0 Å². The van der Waals surface area contributed by atoms with Crippen molar-refractivity contribution in [2.24, 2.45) is 38.5 Å². The van der Waals surface area contributed by atoms with Crippen molar-refractivity contribution in [2.75, 3.05) is 0 Å². The van der Waals surface area contributed by atoms with Crippen LogP contribution in [0.15, 0.2) is 4.99 Å². The first-order valence-electron chi connectivity index (χ1n) is 9.28. The van der Waals surface area contributed by atoms with E-state index in [1.54, 1.807) is 0 Å². The van der Waals surface area contributed by atoms with Gasteiger partial charge >= 0.3 is 0 Å². The fourth-order valence-electron chi connectivity index (χ4n) is 4.58. The standard InChI is InChI=1S/C21H41N/c1-12-20(9)14-16(20)17(22-11)15(3)21(10,13-2)19(7,8)18(4,5)6/h15-17H,11-14H2,1-10H3. The smallest absolute Gasteiger partial charge is 0.0556 e. The summed E-state index contributed by atoms with van der Waals surface area (Å²) in [6.07, 6.45) is 3.79. The summed E-state index contributed by atoms with van der Waals surface area (Å²) in [5, 5.41) is 0. The second-order valence-corrected chi connectivity index (χ2v) is 9.93. The van der Waals surface area contributed by atoms with Crippen molar-refractivity contribution in [1.29, 1.82) is 0 Å². The zero-order valence-corrected chi connectivity index (χ0v) is 17.0. The van der Waals surface area contributed by atoms with E-state index in [1.165, 1.54) is 19.3 Å². The number of rotatable bonds is 7. The monoisotopic (exact) mass is 307 g/mol. The Hall–Kier alpha value is -0.330. The molecule has 22 heavy (non-hydrogen) atoms. The largest absolute Gasteiger partial charge is 0.297 e. The van der Waals surface area contributed by atoms with E-state index in [9.17, 15) is 0 Å². The summed E-state index contributed by atoms with van der Waals surface area (Å²) in [5.41, 5.74) is 1.28. The van der Waals surface area contributed by atoms with E-state index >= 15 is 0 Å². The van der Waals surface area contributed by atoms with E-state index in [0.29, 0.717) is 17.4 Å². The van der Waals surface area contributed by atoms with Gasteiger partial charge in [-0.1, -0.05) is 75.7 Å². The maximum atomic E-state index is 4.65. The zero-order valence-electron chi connectivity index (χ0n) is 17.0. The van der Waals surface area contributed by atoms with Crippen LogP contribution in [-0.4, -0.2) is 12.8 Å². The quantitative estimate of drug-likeness (QED) is 0.469. The highest BCUT2D eigenvalue weighted by Crippen LogP contribution is 2.63. The Morgan fingerprint density at radius 1 is 1.14 bits per heavy atom. The molecule has 130 valence electrons. The summed E-state index contributed by atoms with van der Waals surface area (Å²) in [4.78, 5) is 4.65. The number of aliphatic imine (C=N–C) groups is 1. The molecule has 0 aliphatic heterocycles. The second kappa shape index (κ2) is 5.95. The van der Waals surface area contributed by atoms with Crippen molar-refractivity contribution < 1.29 is 0 Å². The fraction of sp³-hybridized carbons (Fsp3) is 0.952. The van der Waals surface area contributed by atoms with Gasteiger partial charge in [-0.15, -0.1) is 0 Å². The minimum absolute atomic E-state index is 0.245. The first-order chi connectivity index (χ1) is 9.82. The molecule has 1 saturated carbocycles. The molecule has 1 aliphatic rings. The van der Waals surface area contributed by atoms with Gasteiger partial charge in [-0.2, -0.15) is 0 Å². The summed E-state index contributed by atoms with van der Waals surface area (Å²) < 4.78 is 0. The topological polar surface area (TPSA) is 12.4 Å². The average molecular weight is 308 g/mol. The molecule has 0 aromatic heterocycles. The van der Waals surface area contributed by atoms with Crippen LogP contribution in [-0.2, 0) is 0 Å². The van der Waals surface area contributed by atoms with E-state index in [0.717, 1.165) is 5.92 Å². The fourth-order valence-corrected chi connectivity index (χ4v) is 4.58. The van der Waals surface area contributed by atoms with Crippen LogP contribution in [0, 0.1) is 33.5 Å². The predicted octanol–water partition coefficient (Wildman–Crippen LogP) is 6.62. The van der Waals surface area contributed by atoms with Crippen LogP contribution in [0.4, 0.5) is 0 Å². The van der Waals surface area contributed by atoms with E-state index in [-0.39, 0.29) is 16.2 Å². The van der Waals surface area contributed by atoms with Crippen LogP contribution in [0.3, 0.4) is 0 Å². The Kier molecular flexibility index (Phi) is 5.33. The lowest BCUT2D eigenvalue weighted by Gasteiger charge is -2.56. The highest BCUT2D eigenvalue weighted by molar-refractivity contribution is 5.26. The van der Waals surface area contributed by atoms with Gasteiger partial charge in [0, 0.05) is 0 Å². The molecule has 1 heteroatoms. The Balaban J connectivity index is 3.15. The van der Waals surface area contributed by atoms with E-state index < -0.39 is 0 Å². The lowest BCUT2D eigenvalue weighted by molar-refractivity contribution is -0.0692. The van der Waals surface area contributed by atoms with E-state index in [4.69, 9.17) is 0 Å². The zero-order chi connectivity index (χ0) is 17.6. The molecule has 1 rings (SSSR count). The molecule has 1 aliphatic carbocycles.